The molecule has 6 heteroatoms. The van der Waals surface area contributed by atoms with Crippen LogP contribution in [0.25, 0.3) is 11.4 Å². The molecule has 1 aliphatic carbocycles. The summed E-state index contributed by atoms with van der Waals surface area (Å²) in [4.78, 5) is 12.1. The predicted octanol–water partition coefficient (Wildman–Crippen LogP) is 5.37. The van der Waals surface area contributed by atoms with Crippen LogP contribution in [0.4, 0.5) is 0 Å². The van der Waals surface area contributed by atoms with E-state index >= 15 is 0 Å². The van der Waals surface area contributed by atoms with Gasteiger partial charge in [-0.15, -0.1) is 10.2 Å². The number of amides is 1. The zero-order chi connectivity index (χ0) is 20.9. The fraction of sp³-hybridized carbons (Fsp3) is 0.609. The van der Waals surface area contributed by atoms with E-state index in [4.69, 9.17) is 0 Å². The second-order valence-corrected chi connectivity index (χ2v) is 9.88. The van der Waals surface area contributed by atoms with Crippen LogP contribution in [0.15, 0.2) is 29.4 Å². The van der Waals surface area contributed by atoms with Gasteiger partial charge in [0.05, 0.1) is 5.75 Å². The molecule has 0 saturated heterocycles. The van der Waals surface area contributed by atoms with Crippen LogP contribution in [0.1, 0.15) is 77.8 Å². The summed E-state index contributed by atoms with van der Waals surface area (Å²) in [5, 5.41) is 12.9. The third-order valence-corrected chi connectivity index (χ3v) is 6.49. The normalized spacial score (nSPS) is 15.0. The van der Waals surface area contributed by atoms with Crippen molar-refractivity contribution in [3.05, 3.63) is 29.8 Å². The molecule has 0 spiro atoms. The molecule has 0 atom stereocenters. The number of nitrogens with zero attached hydrogens (tertiary/aromatic N) is 3. The van der Waals surface area contributed by atoms with E-state index in [1.54, 1.807) is 0 Å². The van der Waals surface area contributed by atoms with E-state index in [2.05, 4.69) is 72.0 Å². The summed E-state index contributed by atoms with van der Waals surface area (Å²) in [6.07, 6.45) is 6.90. The molecular formula is C23H34N4OS. The number of nitrogens with one attached hydrogen (secondary N) is 1. The fourth-order valence-electron chi connectivity index (χ4n) is 3.77. The monoisotopic (exact) mass is 414 g/mol. The molecule has 0 bridgehead atoms. The van der Waals surface area contributed by atoms with Crippen LogP contribution in [0, 0.1) is 0 Å². The lowest BCUT2D eigenvalue weighted by Crippen LogP contribution is -2.26. The molecule has 0 aliphatic heterocycles. The number of benzene rings is 1. The molecule has 1 aromatic carbocycles. The summed E-state index contributed by atoms with van der Waals surface area (Å²) in [5.74, 6) is 1.38. The topological polar surface area (TPSA) is 59.8 Å². The zero-order valence-corrected chi connectivity index (χ0v) is 19.0. The maximum absolute atomic E-state index is 12.1. The average Bonchev–Trinajstić information content (AvgIpc) is 3.35. The predicted molar refractivity (Wildman–Crippen MR) is 120 cm³/mol. The number of unbranched alkanes of at least 4 members (excludes halogenated alkanes) is 1. The summed E-state index contributed by atoms with van der Waals surface area (Å²) >= 11 is 1.50. The molecule has 2 aromatic rings. The quantitative estimate of drug-likeness (QED) is 0.466. The Labute approximate surface area is 179 Å². The van der Waals surface area contributed by atoms with Crippen LogP contribution in [0.2, 0.25) is 0 Å². The Morgan fingerprint density at radius 3 is 2.48 bits per heavy atom. The summed E-state index contributed by atoms with van der Waals surface area (Å²) in [7, 11) is 0. The van der Waals surface area contributed by atoms with Gasteiger partial charge in [0.15, 0.2) is 11.0 Å². The first kappa shape index (κ1) is 21.9. The molecule has 0 unspecified atom stereocenters. The minimum Gasteiger partial charge on any atom is -0.355 e. The van der Waals surface area contributed by atoms with Gasteiger partial charge in [-0.25, -0.2) is 0 Å². The molecule has 0 radical (unpaired) electrons. The highest BCUT2D eigenvalue weighted by molar-refractivity contribution is 7.99. The van der Waals surface area contributed by atoms with Gasteiger partial charge in [-0.05, 0) is 30.2 Å². The first-order chi connectivity index (χ1) is 13.9. The Hall–Kier alpha value is -1.82. The summed E-state index contributed by atoms with van der Waals surface area (Å²) in [6.45, 7) is 9.55. The lowest BCUT2D eigenvalue weighted by molar-refractivity contribution is -0.118. The summed E-state index contributed by atoms with van der Waals surface area (Å²) < 4.78 is 2.28. The van der Waals surface area contributed by atoms with Gasteiger partial charge in [-0.2, -0.15) is 0 Å². The van der Waals surface area contributed by atoms with Crippen molar-refractivity contribution in [3.63, 3.8) is 0 Å². The third kappa shape index (κ3) is 5.62. The molecule has 5 nitrogen and oxygen atoms in total. The molecule has 158 valence electrons. The largest absolute Gasteiger partial charge is 0.355 e. The van der Waals surface area contributed by atoms with E-state index in [1.807, 2.05) is 0 Å². The highest BCUT2D eigenvalue weighted by atomic mass is 32.2. The second kappa shape index (κ2) is 9.79. The molecule has 1 aromatic heterocycles. The first-order valence-corrected chi connectivity index (χ1v) is 11.8. The lowest BCUT2D eigenvalue weighted by Gasteiger charge is -2.20. The van der Waals surface area contributed by atoms with Gasteiger partial charge in [-0.3, -0.25) is 9.36 Å². The maximum Gasteiger partial charge on any atom is 0.230 e. The Morgan fingerprint density at radius 2 is 1.86 bits per heavy atom. The molecule has 1 amide bonds. The molecule has 1 fully saturated rings. The number of rotatable bonds is 8. The van der Waals surface area contributed by atoms with E-state index in [9.17, 15) is 4.79 Å². The van der Waals surface area contributed by atoms with Crippen molar-refractivity contribution < 1.29 is 4.79 Å². The summed E-state index contributed by atoms with van der Waals surface area (Å²) in [6, 6.07) is 9.12. The third-order valence-electron chi connectivity index (χ3n) is 5.55. The number of carbonyl (C=O) groups is 1. The van der Waals surface area contributed by atoms with E-state index in [1.165, 1.54) is 30.2 Å². The highest BCUT2D eigenvalue weighted by Crippen LogP contribution is 2.37. The second-order valence-electron chi connectivity index (χ2n) is 8.93. The molecule has 1 saturated carbocycles. The minimum atomic E-state index is 0.0699. The maximum atomic E-state index is 12.1. The van der Waals surface area contributed by atoms with Crippen molar-refractivity contribution in [3.8, 4) is 11.4 Å². The van der Waals surface area contributed by atoms with Crippen molar-refractivity contribution in [2.45, 2.75) is 82.8 Å². The first-order valence-electron chi connectivity index (χ1n) is 10.9. The molecule has 29 heavy (non-hydrogen) atoms. The van der Waals surface area contributed by atoms with Crippen LogP contribution in [0.3, 0.4) is 0 Å². The zero-order valence-electron chi connectivity index (χ0n) is 18.2. The fourth-order valence-corrected chi connectivity index (χ4v) is 4.60. The Bertz CT molecular complexity index is 801. The number of hydrogen-bond donors (Lipinski definition) is 1. The van der Waals surface area contributed by atoms with E-state index < -0.39 is 0 Å². The van der Waals surface area contributed by atoms with Crippen molar-refractivity contribution in [1.29, 1.82) is 0 Å². The van der Waals surface area contributed by atoms with Gasteiger partial charge < -0.3 is 5.32 Å². The number of hydrogen-bond acceptors (Lipinski definition) is 4. The van der Waals surface area contributed by atoms with Gasteiger partial charge in [0, 0.05) is 18.2 Å². The van der Waals surface area contributed by atoms with Crippen LogP contribution >= 0.6 is 11.8 Å². The van der Waals surface area contributed by atoms with E-state index in [0.29, 0.717) is 11.8 Å². The van der Waals surface area contributed by atoms with Crippen LogP contribution < -0.4 is 5.32 Å². The van der Waals surface area contributed by atoms with Crippen LogP contribution in [0.5, 0.6) is 0 Å². The van der Waals surface area contributed by atoms with Gasteiger partial charge in [0.1, 0.15) is 0 Å². The lowest BCUT2D eigenvalue weighted by atomic mass is 9.86. The number of aromatic nitrogens is 3. The van der Waals surface area contributed by atoms with E-state index in [0.717, 1.165) is 48.8 Å². The van der Waals surface area contributed by atoms with Gasteiger partial charge >= 0.3 is 0 Å². The molecule has 3 rings (SSSR count). The standard InChI is InChI=1S/C23H34N4OS/c1-5-6-15-24-20(28)16-29-22-26-25-21(27(22)19-9-7-8-10-19)17-11-13-18(14-12-17)23(2,3)4/h11-14,19H,5-10,15-16H2,1-4H3,(H,24,28). The number of carbonyl (C=O) groups excluding carboxylic acids is 1. The highest BCUT2D eigenvalue weighted by Gasteiger charge is 2.25. The Morgan fingerprint density at radius 1 is 1.17 bits per heavy atom. The SMILES string of the molecule is CCCCNC(=O)CSc1nnc(-c2ccc(C(C)(C)C)cc2)n1C1CCCC1. The van der Waals surface area contributed by atoms with Gasteiger partial charge in [-0.1, -0.05) is 83.0 Å². The molecule has 1 N–H and O–H groups in total. The average molecular weight is 415 g/mol. The van der Waals surface area contributed by atoms with Gasteiger partial charge in [0.25, 0.3) is 0 Å². The van der Waals surface area contributed by atoms with Crippen molar-refractivity contribution in [2.75, 3.05) is 12.3 Å². The molecule has 1 heterocycles. The van der Waals surface area contributed by atoms with E-state index in [-0.39, 0.29) is 11.3 Å². The van der Waals surface area contributed by atoms with Crippen molar-refractivity contribution in [1.82, 2.24) is 20.1 Å². The Kier molecular flexibility index (Phi) is 7.38. The minimum absolute atomic E-state index is 0.0699. The van der Waals surface area contributed by atoms with Gasteiger partial charge in [0.2, 0.25) is 5.91 Å². The van der Waals surface area contributed by atoms with Crippen LogP contribution in [-0.4, -0.2) is 33.0 Å². The molecular weight excluding hydrogens is 380 g/mol. The van der Waals surface area contributed by atoms with Crippen molar-refractivity contribution >= 4 is 17.7 Å². The summed E-state index contributed by atoms with van der Waals surface area (Å²) in [5.41, 5.74) is 2.53. The molecule has 1 aliphatic rings. The van der Waals surface area contributed by atoms with Crippen LogP contribution in [-0.2, 0) is 10.2 Å². The number of thioether (sulfide) groups is 1. The van der Waals surface area contributed by atoms with Crippen molar-refractivity contribution in [2.24, 2.45) is 0 Å². The Balaban J connectivity index is 1.80. The smallest absolute Gasteiger partial charge is 0.230 e.